The Labute approximate surface area is 169 Å². The SMILES string of the molecule is O=C(Nc1cccc(C(=O)N2CCCC2)c1)c1ccc(Oc2ccccc2)cc1. The normalized spacial score (nSPS) is 13.2. The molecule has 5 heteroatoms. The molecule has 1 saturated heterocycles. The first-order chi connectivity index (χ1) is 14.2. The second kappa shape index (κ2) is 8.61. The fourth-order valence-corrected chi connectivity index (χ4v) is 3.34. The quantitative estimate of drug-likeness (QED) is 0.674. The van der Waals surface area contributed by atoms with Gasteiger partial charge in [0.25, 0.3) is 11.8 Å². The number of ether oxygens (including phenoxy) is 1. The second-order valence-electron chi connectivity index (χ2n) is 6.97. The second-order valence-corrected chi connectivity index (χ2v) is 6.97. The predicted molar refractivity (Wildman–Crippen MR) is 112 cm³/mol. The summed E-state index contributed by atoms with van der Waals surface area (Å²) in [5, 5.41) is 2.86. The summed E-state index contributed by atoms with van der Waals surface area (Å²) in [6.07, 6.45) is 2.10. The molecular formula is C24H22N2O3. The first-order valence-electron chi connectivity index (χ1n) is 9.73. The van der Waals surface area contributed by atoms with Crippen LogP contribution in [0.2, 0.25) is 0 Å². The number of carbonyl (C=O) groups is 2. The average molecular weight is 386 g/mol. The first-order valence-corrected chi connectivity index (χ1v) is 9.73. The van der Waals surface area contributed by atoms with Crippen LogP contribution < -0.4 is 10.1 Å². The van der Waals surface area contributed by atoms with Crippen molar-refractivity contribution in [2.45, 2.75) is 12.8 Å². The third kappa shape index (κ3) is 4.63. The Morgan fingerprint density at radius 1 is 0.759 bits per heavy atom. The maximum Gasteiger partial charge on any atom is 0.255 e. The third-order valence-corrected chi connectivity index (χ3v) is 4.86. The van der Waals surface area contributed by atoms with Gasteiger partial charge in [-0.25, -0.2) is 0 Å². The van der Waals surface area contributed by atoms with Crippen LogP contribution in [0.3, 0.4) is 0 Å². The molecule has 0 bridgehead atoms. The van der Waals surface area contributed by atoms with E-state index in [4.69, 9.17) is 4.74 Å². The molecule has 3 aromatic rings. The van der Waals surface area contributed by atoms with Crippen molar-refractivity contribution < 1.29 is 14.3 Å². The Hall–Kier alpha value is -3.60. The van der Waals surface area contributed by atoms with Crippen LogP contribution in [0.25, 0.3) is 0 Å². The molecule has 3 aromatic carbocycles. The molecule has 0 unspecified atom stereocenters. The van der Waals surface area contributed by atoms with Crippen LogP contribution in [0.5, 0.6) is 11.5 Å². The van der Waals surface area contributed by atoms with Crippen molar-refractivity contribution in [3.05, 3.63) is 90.0 Å². The van der Waals surface area contributed by atoms with E-state index in [1.54, 1.807) is 48.5 Å². The summed E-state index contributed by atoms with van der Waals surface area (Å²) in [6.45, 7) is 1.60. The van der Waals surface area contributed by atoms with Crippen LogP contribution in [0.1, 0.15) is 33.6 Å². The van der Waals surface area contributed by atoms with Gasteiger partial charge in [0.2, 0.25) is 0 Å². The van der Waals surface area contributed by atoms with E-state index in [1.165, 1.54) is 0 Å². The Balaban J connectivity index is 1.41. The Morgan fingerprint density at radius 3 is 2.17 bits per heavy atom. The molecular weight excluding hydrogens is 364 g/mol. The number of rotatable bonds is 5. The van der Waals surface area contributed by atoms with Crippen LogP contribution in [-0.2, 0) is 0 Å². The van der Waals surface area contributed by atoms with Gasteiger partial charge in [-0.2, -0.15) is 0 Å². The third-order valence-electron chi connectivity index (χ3n) is 4.86. The molecule has 146 valence electrons. The van der Waals surface area contributed by atoms with Gasteiger partial charge in [-0.3, -0.25) is 9.59 Å². The van der Waals surface area contributed by atoms with Crippen molar-refractivity contribution in [3.63, 3.8) is 0 Å². The molecule has 5 nitrogen and oxygen atoms in total. The lowest BCUT2D eigenvalue weighted by atomic mass is 10.1. The van der Waals surface area contributed by atoms with E-state index in [9.17, 15) is 9.59 Å². The van der Waals surface area contributed by atoms with Crippen LogP contribution in [0.4, 0.5) is 5.69 Å². The van der Waals surface area contributed by atoms with E-state index in [1.807, 2.05) is 35.2 Å². The number of likely N-dealkylation sites (tertiary alicyclic amines) is 1. The van der Waals surface area contributed by atoms with Gasteiger partial charge in [0.15, 0.2) is 0 Å². The van der Waals surface area contributed by atoms with Gasteiger partial charge < -0.3 is 15.0 Å². The van der Waals surface area contributed by atoms with Crippen LogP contribution in [-0.4, -0.2) is 29.8 Å². The van der Waals surface area contributed by atoms with Crippen LogP contribution in [0, 0.1) is 0 Å². The van der Waals surface area contributed by atoms with Crippen molar-refractivity contribution in [3.8, 4) is 11.5 Å². The van der Waals surface area contributed by atoms with Gasteiger partial charge in [-0.05, 0) is 67.4 Å². The molecule has 1 fully saturated rings. The van der Waals surface area contributed by atoms with Crippen molar-refractivity contribution in [1.82, 2.24) is 4.90 Å². The highest BCUT2D eigenvalue weighted by Crippen LogP contribution is 2.22. The molecule has 0 saturated carbocycles. The number of amides is 2. The number of hydrogen-bond acceptors (Lipinski definition) is 3. The van der Waals surface area contributed by atoms with Gasteiger partial charge in [0.05, 0.1) is 0 Å². The van der Waals surface area contributed by atoms with Gasteiger partial charge in [-0.1, -0.05) is 24.3 Å². The lowest BCUT2D eigenvalue weighted by molar-refractivity contribution is 0.0792. The number of nitrogens with zero attached hydrogens (tertiary/aromatic N) is 1. The minimum Gasteiger partial charge on any atom is -0.457 e. The Bertz CT molecular complexity index is 994. The van der Waals surface area contributed by atoms with Crippen molar-refractivity contribution in [2.24, 2.45) is 0 Å². The molecule has 0 aliphatic carbocycles. The smallest absolute Gasteiger partial charge is 0.255 e. The predicted octanol–water partition coefficient (Wildman–Crippen LogP) is 4.97. The van der Waals surface area contributed by atoms with Crippen molar-refractivity contribution in [1.29, 1.82) is 0 Å². The molecule has 29 heavy (non-hydrogen) atoms. The number of para-hydroxylation sites is 1. The molecule has 1 aliphatic rings. The zero-order valence-corrected chi connectivity index (χ0v) is 16.0. The zero-order valence-electron chi connectivity index (χ0n) is 16.0. The molecule has 1 heterocycles. The summed E-state index contributed by atoms with van der Waals surface area (Å²) < 4.78 is 5.75. The number of carbonyl (C=O) groups excluding carboxylic acids is 2. The van der Waals surface area contributed by atoms with Gasteiger partial charge in [0, 0.05) is 29.9 Å². The molecule has 0 aromatic heterocycles. The monoisotopic (exact) mass is 386 g/mol. The van der Waals surface area contributed by atoms with Gasteiger partial charge >= 0.3 is 0 Å². The Kier molecular flexibility index (Phi) is 5.56. The Morgan fingerprint density at radius 2 is 1.45 bits per heavy atom. The van der Waals surface area contributed by atoms with E-state index in [-0.39, 0.29) is 11.8 Å². The van der Waals surface area contributed by atoms with Gasteiger partial charge in [-0.15, -0.1) is 0 Å². The van der Waals surface area contributed by atoms with Crippen LogP contribution >= 0.6 is 0 Å². The van der Waals surface area contributed by atoms with E-state index < -0.39 is 0 Å². The molecule has 2 amide bonds. The number of nitrogens with one attached hydrogen (secondary N) is 1. The topological polar surface area (TPSA) is 58.6 Å². The molecule has 1 N–H and O–H groups in total. The van der Waals surface area contributed by atoms with Crippen molar-refractivity contribution >= 4 is 17.5 Å². The lowest BCUT2D eigenvalue weighted by Gasteiger charge is -2.15. The minimum atomic E-state index is -0.234. The highest BCUT2D eigenvalue weighted by molar-refractivity contribution is 6.05. The van der Waals surface area contributed by atoms with Gasteiger partial charge in [0.1, 0.15) is 11.5 Å². The standard InChI is InChI=1S/C24H22N2O3/c27-23(18-11-13-22(14-12-18)29-21-9-2-1-3-10-21)25-20-8-6-7-19(17-20)24(28)26-15-4-5-16-26/h1-3,6-14,17H,4-5,15-16H2,(H,25,27). The lowest BCUT2D eigenvalue weighted by Crippen LogP contribution is -2.27. The van der Waals surface area contributed by atoms with Crippen molar-refractivity contribution in [2.75, 3.05) is 18.4 Å². The highest BCUT2D eigenvalue weighted by Gasteiger charge is 2.19. The summed E-state index contributed by atoms with van der Waals surface area (Å²) >= 11 is 0. The minimum absolute atomic E-state index is 0.0148. The molecule has 0 radical (unpaired) electrons. The molecule has 0 spiro atoms. The summed E-state index contributed by atoms with van der Waals surface area (Å²) in [6, 6.07) is 23.5. The number of benzene rings is 3. The zero-order chi connectivity index (χ0) is 20.1. The average Bonchev–Trinajstić information content (AvgIpc) is 3.29. The maximum absolute atomic E-state index is 12.6. The van der Waals surface area contributed by atoms with E-state index in [2.05, 4.69) is 5.32 Å². The maximum atomic E-state index is 12.6. The van der Waals surface area contributed by atoms with E-state index >= 15 is 0 Å². The highest BCUT2D eigenvalue weighted by atomic mass is 16.5. The fraction of sp³-hybridized carbons (Fsp3) is 0.167. The van der Waals surface area contributed by atoms with E-state index in [0.717, 1.165) is 31.7 Å². The number of hydrogen-bond donors (Lipinski definition) is 1. The molecule has 1 aliphatic heterocycles. The summed E-state index contributed by atoms with van der Waals surface area (Å²) in [4.78, 5) is 27.0. The summed E-state index contributed by atoms with van der Waals surface area (Å²) in [5.41, 5.74) is 1.71. The summed E-state index contributed by atoms with van der Waals surface area (Å²) in [5.74, 6) is 1.18. The largest absolute Gasteiger partial charge is 0.457 e. The van der Waals surface area contributed by atoms with E-state index in [0.29, 0.717) is 22.6 Å². The molecule has 0 atom stereocenters. The number of anilines is 1. The molecule has 4 rings (SSSR count). The van der Waals surface area contributed by atoms with Crippen LogP contribution in [0.15, 0.2) is 78.9 Å². The summed E-state index contributed by atoms with van der Waals surface area (Å²) in [7, 11) is 0. The first kappa shape index (κ1) is 18.7. The fourth-order valence-electron chi connectivity index (χ4n) is 3.34.